The Morgan fingerprint density at radius 3 is 2.78 bits per heavy atom. The van der Waals surface area contributed by atoms with E-state index in [1.54, 1.807) is 4.90 Å². The Morgan fingerprint density at radius 1 is 1.44 bits per heavy atom. The summed E-state index contributed by atoms with van der Waals surface area (Å²) < 4.78 is 0. The molecule has 1 N–H and O–H groups in total. The molecular weight excluding hydrogens is 224 g/mol. The van der Waals surface area contributed by atoms with E-state index in [0.717, 1.165) is 18.5 Å². The number of carbonyl (C=O) groups is 1. The molecule has 1 heterocycles. The van der Waals surface area contributed by atoms with Crippen LogP contribution in [0.25, 0.3) is 0 Å². The minimum absolute atomic E-state index is 0.107. The van der Waals surface area contributed by atoms with Crippen molar-refractivity contribution >= 4 is 5.91 Å². The molecule has 1 aliphatic heterocycles. The first-order valence-electron chi connectivity index (χ1n) is 6.27. The number of hydrogen-bond donors (Lipinski definition) is 1. The van der Waals surface area contributed by atoms with Crippen LogP contribution in [0.2, 0.25) is 0 Å². The molecule has 0 aliphatic carbocycles. The van der Waals surface area contributed by atoms with Crippen molar-refractivity contribution in [1.82, 2.24) is 10.2 Å². The maximum absolute atomic E-state index is 12.3. The van der Waals surface area contributed by atoms with Crippen molar-refractivity contribution in [2.24, 2.45) is 0 Å². The second-order valence-electron chi connectivity index (χ2n) is 5.06. The van der Waals surface area contributed by atoms with E-state index in [4.69, 9.17) is 0 Å². The van der Waals surface area contributed by atoms with E-state index in [1.807, 2.05) is 26.1 Å². The van der Waals surface area contributed by atoms with Crippen LogP contribution in [-0.2, 0) is 17.8 Å². The molecule has 1 unspecified atom stereocenters. The highest BCUT2D eigenvalue weighted by molar-refractivity contribution is 5.82. The summed E-state index contributed by atoms with van der Waals surface area (Å²) in [6, 6.07) is 8.18. The standard InChI is InChI=1S/C15H20N2O/c1-11(2)10-17(3)15(18)14-8-12-6-4-5-7-13(12)9-16-14/h4-7,14,16H,1,8-10H2,2-3H3. The predicted octanol–water partition coefficient (Wildman–Crippen LogP) is 1.74. The van der Waals surface area contributed by atoms with Gasteiger partial charge in [0.1, 0.15) is 0 Å². The Kier molecular flexibility index (Phi) is 3.82. The van der Waals surface area contributed by atoms with Crippen molar-refractivity contribution in [2.75, 3.05) is 13.6 Å². The average molecular weight is 244 g/mol. The minimum Gasteiger partial charge on any atom is -0.340 e. The van der Waals surface area contributed by atoms with E-state index in [0.29, 0.717) is 6.54 Å². The van der Waals surface area contributed by atoms with Crippen LogP contribution in [-0.4, -0.2) is 30.4 Å². The number of amides is 1. The van der Waals surface area contributed by atoms with E-state index in [2.05, 4.69) is 24.0 Å². The van der Waals surface area contributed by atoms with E-state index >= 15 is 0 Å². The Morgan fingerprint density at radius 2 is 2.11 bits per heavy atom. The molecule has 0 saturated carbocycles. The van der Waals surface area contributed by atoms with Crippen LogP contribution in [0.1, 0.15) is 18.1 Å². The summed E-state index contributed by atoms with van der Waals surface area (Å²) in [5.74, 6) is 0.146. The number of benzene rings is 1. The second-order valence-corrected chi connectivity index (χ2v) is 5.06. The lowest BCUT2D eigenvalue weighted by Gasteiger charge is -2.29. The lowest BCUT2D eigenvalue weighted by Crippen LogP contribution is -2.48. The molecular formula is C15H20N2O. The average Bonchev–Trinajstić information content (AvgIpc) is 2.36. The Hall–Kier alpha value is -1.61. The quantitative estimate of drug-likeness (QED) is 0.821. The Labute approximate surface area is 108 Å². The van der Waals surface area contributed by atoms with Gasteiger partial charge >= 0.3 is 0 Å². The van der Waals surface area contributed by atoms with Gasteiger partial charge in [0, 0.05) is 20.1 Å². The molecule has 0 aromatic heterocycles. The first-order chi connectivity index (χ1) is 8.58. The van der Waals surface area contributed by atoms with Gasteiger partial charge in [0.2, 0.25) is 5.91 Å². The molecule has 0 saturated heterocycles. The van der Waals surface area contributed by atoms with Gasteiger partial charge in [0.15, 0.2) is 0 Å². The Bertz CT molecular complexity index is 467. The largest absolute Gasteiger partial charge is 0.340 e. The van der Waals surface area contributed by atoms with Crippen LogP contribution in [0.15, 0.2) is 36.4 Å². The number of fused-ring (bicyclic) bond motifs is 1. The number of likely N-dealkylation sites (N-methyl/N-ethyl adjacent to an activating group) is 1. The van der Waals surface area contributed by atoms with E-state index in [1.165, 1.54) is 11.1 Å². The summed E-state index contributed by atoms with van der Waals surface area (Å²) >= 11 is 0. The molecule has 1 aromatic rings. The molecule has 0 bridgehead atoms. The van der Waals surface area contributed by atoms with Crippen molar-refractivity contribution in [3.05, 3.63) is 47.5 Å². The first-order valence-corrected chi connectivity index (χ1v) is 6.27. The maximum atomic E-state index is 12.3. The zero-order valence-corrected chi connectivity index (χ0v) is 11.1. The third-order valence-electron chi connectivity index (χ3n) is 3.26. The third kappa shape index (κ3) is 2.79. The summed E-state index contributed by atoms with van der Waals surface area (Å²) in [5, 5.41) is 3.31. The molecule has 1 atom stereocenters. The third-order valence-corrected chi connectivity index (χ3v) is 3.26. The topological polar surface area (TPSA) is 32.3 Å². The number of nitrogens with one attached hydrogen (secondary N) is 1. The summed E-state index contributed by atoms with van der Waals surface area (Å²) in [4.78, 5) is 14.0. The van der Waals surface area contributed by atoms with Gasteiger partial charge in [-0.05, 0) is 24.5 Å². The second kappa shape index (κ2) is 5.36. The maximum Gasteiger partial charge on any atom is 0.240 e. The van der Waals surface area contributed by atoms with Gasteiger partial charge < -0.3 is 10.2 Å². The molecule has 1 aliphatic rings. The van der Waals surface area contributed by atoms with Crippen LogP contribution >= 0.6 is 0 Å². The van der Waals surface area contributed by atoms with E-state index in [9.17, 15) is 4.79 Å². The van der Waals surface area contributed by atoms with Crippen molar-refractivity contribution in [3.8, 4) is 0 Å². The van der Waals surface area contributed by atoms with Crippen LogP contribution < -0.4 is 5.32 Å². The molecule has 0 fully saturated rings. The van der Waals surface area contributed by atoms with Crippen LogP contribution in [0.4, 0.5) is 0 Å². The first kappa shape index (κ1) is 12.8. The fraction of sp³-hybridized carbons (Fsp3) is 0.400. The predicted molar refractivity (Wildman–Crippen MR) is 73.2 cm³/mol. The summed E-state index contributed by atoms with van der Waals surface area (Å²) in [6.07, 6.45) is 0.773. The summed E-state index contributed by atoms with van der Waals surface area (Å²) in [5.41, 5.74) is 3.57. The van der Waals surface area contributed by atoms with Crippen molar-refractivity contribution in [1.29, 1.82) is 0 Å². The highest BCUT2D eigenvalue weighted by Crippen LogP contribution is 2.17. The van der Waals surface area contributed by atoms with Crippen molar-refractivity contribution < 1.29 is 4.79 Å². The van der Waals surface area contributed by atoms with Crippen molar-refractivity contribution in [2.45, 2.75) is 25.9 Å². The van der Waals surface area contributed by atoms with Gasteiger partial charge in [0.25, 0.3) is 0 Å². The summed E-state index contributed by atoms with van der Waals surface area (Å²) in [7, 11) is 1.83. The van der Waals surface area contributed by atoms with E-state index in [-0.39, 0.29) is 11.9 Å². The molecule has 3 nitrogen and oxygen atoms in total. The SMILES string of the molecule is C=C(C)CN(C)C(=O)C1Cc2ccccc2CN1. The normalized spacial score (nSPS) is 18.0. The number of nitrogens with zero attached hydrogens (tertiary/aromatic N) is 1. The van der Waals surface area contributed by atoms with Crippen LogP contribution in [0.3, 0.4) is 0 Å². The fourth-order valence-electron chi connectivity index (χ4n) is 2.38. The number of carbonyl (C=O) groups excluding carboxylic acids is 1. The van der Waals surface area contributed by atoms with Gasteiger partial charge in [-0.3, -0.25) is 4.79 Å². The van der Waals surface area contributed by atoms with Crippen LogP contribution in [0.5, 0.6) is 0 Å². The van der Waals surface area contributed by atoms with Gasteiger partial charge in [0.05, 0.1) is 6.04 Å². The smallest absolute Gasteiger partial charge is 0.240 e. The van der Waals surface area contributed by atoms with Gasteiger partial charge in [-0.1, -0.05) is 36.4 Å². The zero-order valence-electron chi connectivity index (χ0n) is 11.1. The lowest BCUT2D eigenvalue weighted by atomic mass is 9.95. The van der Waals surface area contributed by atoms with Gasteiger partial charge in [-0.2, -0.15) is 0 Å². The molecule has 2 rings (SSSR count). The van der Waals surface area contributed by atoms with Crippen molar-refractivity contribution in [3.63, 3.8) is 0 Å². The lowest BCUT2D eigenvalue weighted by molar-refractivity contribution is -0.131. The number of rotatable bonds is 3. The molecule has 1 amide bonds. The molecule has 3 heteroatoms. The minimum atomic E-state index is -0.107. The monoisotopic (exact) mass is 244 g/mol. The van der Waals surface area contributed by atoms with E-state index < -0.39 is 0 Å². The molecule has 18 heavy (non-hydrogen) atoms. The Balaban J connectivity index is 2.04. The highest BCUT2D eigenvalue weighted by Gasteiger charge is 2.26. The van der Waals surface area contributed by atoms with Crippen LogP contribution in [0, 0.1) is 0 Å². The highest BCUT2D eigenvalue weighted by atomic mass is 16.2. The van der Waals surface area contributed by atoms with Gasteiger partial charge in [-0.15, -0.1) is 0 Å². The molecule has 96 valence electrons. The molecule has 0 radical (unpaired) electrons. The summed E-state index contributed by atoms with van der Waals surface area (Å²) in [6.45, 7) is 7.18. The molecule has 1 aromatic carbocycles. The molecule has 0 spiro atoms. The zero-order chi connectivity index (χ0) is 13.1. The van der Waals surface area contributed by atoms with Gasteiger partial charge in [-0.25, -0.2) is 0 Å². The fourth-order valence-corrected chi connectivity index (χ4v) is 2.38. The number of hydrogen-bond acceptors (Lipinski definition) is 2.